The highest BCUT2D eigenvalue weighted by Crippen LogP contribution is 2.25. The maximum Gasteiger partial charge on any atom is 0.227 e. The van der Waals surface area contributed by atoms with Crippen molar-refractivity contribution >= 4 is 5.91 Å². The predicted molar refractivity (Wildman–Crippen MR) is 84.1 cm³/mol. The number of carbonyl (C=O) groups excluding carboxylic acids is 1. The Morgan fingerprint density at radius 2 is 2.30 bits per heavy atom. The Morgan fingerprint density at radius 3 is 3.04 bits per heavy atom. The van der Waals surface area contributed by atoms with Gasteiger partial charge in [0.2, 0.25) is 5.91 Å². The summed E-state index contributed by atoms with van der Waals surface area (Å²) in [6.45, 7) is 1.47. The number of ether oxygens (including phenoxy) is 1. The molecule has 1 saturated heterocycles. The van der Waals surface area contributed by atoms with E-state index in [0.717, 1.165) is 36.5 Å². The van der Waals surface area contributed by atoms with Gasteiger partial charge in [0.05, 0.1) is 13.5 Å². The second kappa shape index (κ2) is 6.76. The van der Waals surface area contributed by atoms with E-state index in [-0.39, 0.29) is 11.8 Å². The number of tetrazole rings is 1. The van der Waals surface area contributed by atoms with E-state index in [9.17, 15) is 4.79 Å². The fourth-order valence-electron chi connectivity index (χ4n) is 3.07. The first-order valence-corrected chi connectivity index (χ1v) is 7.80. The van der Waals surface area contributed by atoms with Crippen molar-refractivity contribution in [1.29, 1.82) is 0 Å². The molecule has 7 nitrogen and oxygen atoms in total. The molecule has 122 valence electrons. The van der Waals surface area contributed by atoms with Crippen molar-refractivity contribution in [2.75, 3.05) is 20.2 Å². The maximum atomic E-state index is 12.6. The van der Waals surface area contributed by atoms with Crippen LogP contribution in [-0.4, -0.2) is 51.2 Å². The Bertz CT molecular complexity index is 685. The number of carbonyl (C=O) groups is 1. The Labute approximate surface area is 135 Å². The van der Waals surface area contributed by atoms with Crippen LogP contribution >= 0.6 is 0 Å². The molecule has 3 rings (SSSR count). The van der Waals surface area contributed by atoms with Crippen molar-refractivity contribution in [3.8, 4) is 5.75 Å². The van der Waals surface area contributed by atoms with Crippen LogP contribution in [0.4, 0.5) is 0 Å². The lowest BCUT2D eigenvalue weighted by Crippen LogP contribution is -2.40. The number of nitrogens with zero attached hydrogens (tertiary/aromatic N) is 5. The van der Waals surface area contributed by atoms with Gasteiger partial charge in [-0.25, -0.2) is 4.68 Å². The lowest BCUT2D eigenvalue weighted by molar-refractivity contribution is -0.131. The third-order valence-corrected chi connectivity index (χ3v) is 4.28. The molecule has 0 spiro atoms. The van der Waals surface area contributed by atoms with Gasteiger partial charge < -0.3 is 9.64 Å². The Balaban J connectivity index is 1.66. The number of hydrogen-bond donors (Lipinski definition) is 0. The van der Waals surface area contributed by atoms with E-state index in [0.29, 0.717) is 13.0 Å². The number of aryl methyl sites for hydroxylation is 1. The van der Waals surface area contributed by atoms with E-state index in [2.05, 4.69) is 15.5 Å². The summed E-state index contributed by atoms with van der Waals surface area (Å²) in [5, 5.41) is 11.7. The first-order chi connectivity index (χ1) is 11.2. The van der Waals surface area contributed by atoms with Crippen molar-refractivity contribution in [2.24, 2.45) is 7.05 Å². The zero-order valence-corrected chi connectivity index (χ0v) is 13.5. The molecule has 1 fully saturated rings. The van der Waals surface area contributed by atoms with Crippen LogP contribution < -0.4 is 4.74 Å². The van der Waals surface area contributed by atoms with E-state index in [1.165, 1.54) is 0 Å². The molecule has 0 N–H and O–H groups in total. The topological polar surface area (TPSA) is 73.1 Å². The summed E-state index contributed by atoms with van der Waals surface area (Å²) in [6.07, 6.45) is 2.37. The molecule has 1 aromatic heterocycles. The Morgan fingerprint density at radius 1 is 1.43 bits per heavy atom. The van der Waals surface area contributed by atoms with Crippen molar-refractivity contribution in [3.63, 3.8) is 0 Å². The van der Waals surface area contributed by atoms with Gasteiger partial charge >= 0.3 is 0 Å². The van der Waals surface area contributed by atoms with Crippen LogP contribution in [0.15, 0.2) is 24.3 Å². The average Bonchev–Trinajstić information content (AvgIpc) is 3.01. The lowest BCUT2D eigenvalue weighted by atomic mass is 9.96. The molecule has 1 aromatic carbocycles. The van der Waals surface area contributed by atoms with Gasteiger partial charge in [0.25, 0.3) is 0 Å². The molecule has 1 unspecified atom stereocenters. The number of benzene rings is 1. The van der Waals surface area contributed by atoms with Crippen molar-refractivity contribution in [1.82, 2.24) is 25.1 Å². The fourth-order valence-corrected chi connectivity index (χ4v) is 3.07. The minimum absolute atomic E-state index is 0.137. The second-order valence-electron chi connectivity index (χ2n) is 5.87. The van der Waals surface area contributed by atoms with Crippen LogP contribution in [0.1, 0.15) is 30.1 Å². The summed E-state index contributed by atoms with van der Waals surface area (Å²) in [7, 11) is 3.47. The molecule has 1 atom stereocenters. The van der Waals surface area contributed by atoms with Crippen molar-refractivity contribution in [2.45, 2.75) is 25.2 Å². The molecule has 1 aliphatic rings. The van der Waals surface area contributed by atoms with E-state index >= 15 is 0 Å². The monoisotopic (exact) mass is 315 g/mol. The molecule has 0 radical (unpaired) electrons. The summed E-state index contributed by atoms with van der Waals surface area (Å²) < 4.78 is 6.91. The van der Waals surface area contributed by atoms with Gasteiger partial charge in [0, 0.05) is 26.1 Å². The van der Waals surface area contributed by atoms with Gasteiger partial charge in [-0.15, -0.1) is 5.10 Å². The number of piperidine rings is 1. The third-order valence-electron chi connectivity index (χ3n) is 4.28. The van der Waals surface area contributed by atoms with Gasteiger partial charge in [-0.2, -0.15) is 0 Å². The van der Waals surface area contributed by atoms with Crippen LogP contribution in [0.5, 0.6) is 5.75 Å². The van der Waals surface area contributed by atoms with Crippen LogP contribution in [0, 0.1) is 0 Å². The van der Waals surface area contributed by atoms with E-state index in [4.69, 9.17) is 4.74 Å². The highest BCUT2D eigenvalue weighted by atomic mass is 16.5. The van der Waals surface area contributed by atoms with Crippen LogP contribution in [-0.2, 0) is 18.3 Å². The zero-order chi connectivity index (χ0) is 16.2. The number of aromatic nitrogens is 4. The largest absolute Gasteiger partial charge is 0.497 e. The van der Waals surface area contributed by atoms with Crippen molar-refractivity contribution in [3.05, 3.63) is 35.7 Å². The molecule has 1 amide bonds. The zero-order valence-electron chi connectivity index (χ0n) is 13.5. The molecule has 2 heterocycles. The number of rotatable bonds is 4. The molecule has 0 saturated carbocycles. The van der Waals surface area contributed by atoms with E-state index in [1.807, 2.05) is 36.2 Å². The fraction of sp³-hybridized carbons (Fsp3) is 0.500. The Kier molecular flexibility index (Phi) is 4.55. The third kappa shape index (κ3) is 3.49. The smallest absolute Gasteiger partial charge is 0.227 e. The molecule has 0 bridgehead atoms. The van der Waals surface area contributed by atoms with E-state index < -0.39 is 0 Å². The quantitative estimate of drug-likeness (QED) is 0.847. The van der Waals surface area contributed by atoms with Crippen LogP contribution in [0.2, 0.25) is 0 Å². The number of hydrogen-bond acceptors (Lipinski definition) is 5. The SMILES string of the molecule is COc1cccc(CC(=O)N2CCCC(c3nnnn3C)C2)c1. The van der Waals surface area contributed by atoms with Crippen LogP contribution in [0.25, 0.3) is 0 Å². The van der Waals surface area contributed by atoms with E-state index in [1.54, 1.807) is 11.8 Å². The molecule has 0 aliphatic carbocycles. The highest BCUT2D eigenvalue weighted by Gasteiger charge is 2.27. The number of methoxy groups -OCH3 is 1. The minimum atomic E-state index is 0.137. The summed E-state index contributed by atoms with van der Waals surface area (Å²) in [5.74, 6) is 1.97. The molecule has 23 heavy (non-hydrogen) atoms. The summed E-state index contributed by atoms with van der Waals surface area (Å²) in [6, 6.07) is 7.65. The Hall–Kier alpha value is -2.44. The molecular weight excluding hydrogens is 294 g/mol. The van der Waals surface area contributed by atoms with Crippen molar-refractivity contribution < 1.29 is 9.53 Å². The van der Waals surface area contributed by atoms with Gasteiger partial charge in [-0.3, -0.25) is 4.79 Å². The first-order valence-electron chi connectivity index (χ1n) is 7.80. The van der Waals surface area contributed by atoms with Crippen LogP contribution in [0.3, 0.4) is 0 Å². The normalized spacial score (nSPS) is 18.0. The number of amides is 1. The summed E-state index contributed by atoms with van der Waals surface area (Å²) in [4.78, 5) is 14.5. The predicted octanol–water partition coefficient (Wildman–Crippen LogP) is 1.17. The molecule has 1 aliphatic heterocycles. The highest BCUT2D eigenvalue weighted by molar-refractivity contribution is 5.79. The standard InChI is InChI=1S/C16H21N5O2/c1-20-16(17-18-19-20)13-6-4-8-21(11-13)15(22)10-12-5-3-7-14(9-12)23-2/h3,5,7,9,13H,4,6,8,10-11H2,1-2H3. The number of likely N-dealkylation sites (tertiary alicyclic amines) is 1. The van der Waals surface area contributed by atoms with Gasteiger partial charge in [-0.05, 0) is 41.0 Å². The second-order valence-corrected chi connectivity index (χ2v) is 5.87. The minimum Gasteiger partial charge on any atom is -0.497 e. The average molecular weight is 315 g/mol. The lowest BCUT2D eigenvalue weighted by Gasteiger charge is -2.32. The molecular formula is C16H21N5O2. The first kappa shape index (κ1) is 15.5. The summed E-state index contributed by atoms with van der Waals surface area (Å²) >= 11 is 0. The molecule has 2 aromatic rings. The maximum absolute atomic E-state index is 12.6. The summed E-state index contributed by atoms with van der Waals surface area (Å²) in [5.41, 5.74) is 0.969. The van der Waals surface area contributed by atoms with Gasteiger partial charge in [0.15, 0.2) is 5.82 Å². The van der Waals surface area contributed by atoms with Gasteiger partial charge in [0.1, 0.15) is 5.75 Å². The van der Waals surface area contributed by atoms with Gasteiger partial charge in [-0.1, -0.05) is 12.1 Å². The molecule has 7 heteroatoms.